The molecule has 0 rings (SSSR count). The van der Waals surface area contributed by atoms with Gasteiger partial charge in [0.1, 0.15) is 18.9 Å². The lowest BCUT2D eigenvalue weighted by atomic mass is 9.87. The maximum atomic E-state index is 11.2. The zero-order valence-electron chi connectivity index (χ0n) is 21.0. The Morgan fingerprint density at radius 2 is 0.917 bits per heavy atom. The molecule has 3 N–H and O–H groups in total. The van der Waals surface area contributed by atoms with E-state index in [4.69, 9.17) is 14.2 Å². The van der Waals surface area contributed by atoms with E-state index in [0.717, 1.165) is 18.9 Å². The van der Waals surface area contributed by atoms with E-state index in [-0.39, 0.29) is 75.6 Å². The molecule has 0 aromatic carbocycles. The maximum absolute atomic E-state index is 11.2. The molecule has 0 saturated heterocycles. The van der Waals surface area contributed by atoms with Gasteiger partial charge in [-0.15, -0.1) is 0 Å². The molecule has 0 saturated carbocycles. The van der Waals surface area contributed by atoms with Crippen LogP contribution in [0.1, 0.15) is 51.9 Å². The van der Waals surface area contributed by atoms with Crippen LogP contribution in [0.3, 0.4) is 0 Å². The maximum Gasteiger partial charge on any atom is 0.122 e. The largest absolute Gasteiger partial charge is 0.392 e. The Kier molecular flexibility index (Phi) is 21.6. The molecule has 0 aliphatic carbocycles. The van der Waals surface area contributed by atoms with Gasteiger partial charge in [-0.2, -0.15) is 37.9 Å². The highest BCUT2D eigenvalue weighted by molar-refractivity contribution is 7.80. The van der Waals surface area contributed by atoms with E-state index < -0.39 is 42.0 Å². The molecule has 0 heterocycles. The standard InChI is InChI=1S/C24H44O9S3/c1-2-24(15-31-21(3-6-25)9-18(28)12-34,16-32-22(4-7-26)10-19(29)13-35)17-33-23(5-8-27)11-20(30)14-36/h6-8,18-23,28-30,34-36H,2-5,9-17H2,1H3. The summed E-state index contributed by atoms with van der Waals surface area (Å²) in [6.07, 6.45) is -0.128. The highest BCUT2D eigenvalue weighted by Crippen LogP contribution is 2.28. The van der Waals surface area contributed by atoms with Gasteiger partial charge in [-0.1, -0.05) is 6.92 Å². The number of rotatable bonds is 25. The molecular formula is C24H44O9S3. The number of ether oxygens (including phenoxy) is 3. The van der Waals surface area contributed by atoms with Gasteiger partial charge < -0.3 is 43.9 Å². The van der Waals surface area contributed by atoms with Crippen LogP contribution in [0.25, 0.3) is 0 Å². The van der Waals surface area contributed by atoms with Crippen molar-refractivity contribution in [3.05, 3.63) is 0 Å². The molecule has 6 atom stereocenters. The molecule has 0 amide bonds. The van der Waals surface area contributed by atoms with Crippen molar-refractivity contribution in [2.24, 2.45) is 5.41 Å². The molecule has 0 bridgehead atoms. The van der Waals surface area contributed by atoms with Gasteiger partial charge in [0.25, 0.3) is 0 Å². The summed E-state index contributed by atoms with van der Waals surface area (Å²) >= 11 is 12.2. The third kappa shape index (κ3) is 15.9. The topological polar surface area (TPSA) is 140 Å². The van der Waals surface area contributed by atoms with Crippen molar-refractivity contribution < 1.29 is 43.9 Å². The second-order valence-electron chi connectivity index (χ2n) is 9.08. The summed E-state index contributed by atoms with van der Waals surface area (Å²) < 4.78 is 18.2. The minimum absolute atomic E-state index is 0.0934. The Balaban J connectivity index is 5.66. The monoisotopic (exact) mass is 572 g/mol. The van der Waals surface area contributed by atoms with Crippen LogP contribution < -0.4 is 0 Å². The molecule has 0 radical (unpaired) electrons. The molecule has 0 aromatic rings. The minimum Gasteiger partial charge on any atom is -0.392 e. The van der Waals surface area contributed by atoms with Gasteiger partial charge in [0.15, 0.2) is 0 Å². The van der Waals surface area contributed by atoms with Crippen LogP contribution in [0.15, 0.2) is 0 Å². The fourth-order valence-electron chi connectivity index (χ4n) is 3.47. The van der Waals surface area contributed by atoms with E-state index in [1.54, 1.807) is 0 Å². The molecule has 0 aliphatic heterocycles. The molecule has 0 aromatic heterocycles. The molecule has 6 unspecified atom stereocenters. The van der Waals surface area contributed by atoms with Crippen LogP contribution in [0.2, 0.25) is 0 Å². The lowest BCUT2D eigenvalue weighted by Crippen LogP contribution is -2.41. The van der Waals surface area contributed by atoms with Crippen LogP contribution >= 0.6 is 37.9 Å². The molecule has 0 fully saturated rings. The van der Waals surface area contributed by atoms with Gasteiger partial charge >= 0.3 is 0 Å². The fourth-order valence-corrected chi connectivity index (χ4v) is 3.92. The van der Waals surface area contributed by atoms with E-state index in [9.17, 15) is 29.7 Å². The Morgan fingerprint density at radius 3 is 1.11 bits per heavy atom. The highest BCUT2D eigenvalue weighted by atomic mass is 32.1. The quantitative estimate of drug-likeness (QED) is 0.0707. The van der Waals surface area contributed by atoms with Crippen molar-refractivity contribution in [2.45, 2.75) is 88.5 Å². The Labute approximate surface area is 231 Å². The van der Waals surface area contributed by atoms with Crippen LogP contribution in [0.5, 0.6) is 0 Å². The summed E-state index contributed by atoms with van der Waals surface area (Å²) in [4.78, 5) is 33.5. The first-order chi connectivity index (χ1) is 17.2. The van der Waals surface area contributed by atoms with Crippen LogP contribution in [-0.4, -0.2) is 108 Å². The number of aliphatic hydroxyl groups excluding tert-OH is 3. The molecule has 0 spiro atoms. The van der Waals surface area contributed by atoms with E-state index in [1.807, 2.05) is 6.92 Å². The Morgan fingerprint density at radius 1 is 0.639 bits per heavy atom. The number of thiol groups is 3. The second-order valence-corrected chi connectivity index (χ2v) is 10.2. The summed E-state index contributed by atoms with van der Waals surface area (Å²) in [6, 6.07) is 0. The lowest BCUT2D eigenvalue weighted by molar-refractivity contribution is -0.133. The Hall–Kier alpha value is -0.180. The third-order valence-corrected chi connectivity index (χ3v) is 7.20. The van der Waals surface area contributed by atoms with Gasteiger partial charge in [-0.3, -0.25) is 0 Å². The number of carbonyl (C=O) groups excluding carboxylic acids is 3. The first-order valence-electron chi connectivity index (χ1n) is 12.2. The molecule has 36 heavy (non-hydrogen) atoms. The van der Waals surface area contributed by atoms with Gasteiger partial charge in [-0.25, -0.2) is 0 Å². The smallest absolute Gasteiger partial charge is 0.122 e. The van der Waals surface area contributed by atoms with Crippen molar-refractivity contribution in [1.82, 2.24) is 0 Å². The summed E-state index contributed by atoms with van der Waals surface area (Å²) in [5.41, 5.74) is -0.729. The average molecular weight is 573 g/mol. The predicted molar refractivity (Wildman–Crippen MR) is 147 cm³/mol. The summed E-state index contributed by atoms with van der Waals surface area (Å²) in [6.45, 7) is 2.27. The number of aliphatic hydroxyl groups is 3. The van der Waals surface area contributed by atoms with Crippen LogP contribution in [0.4, 0.5) is 0 Å². The summed E-state index contributed by atoms with van der Waals surface area (Å²) in [5.74, 6) is 0.683. The number of hydrogen-bond donors (Lipinski definition) is 6. The highest BCUT2D eigenvalue weighted by Gasteiger charge is 2.34. The molecule has 0 aliphatic rings. The first kappa shape index (κ1) is 35.8. The lowest BCUT2D eigenvalue weighted by Gasteiger charge is -2.36. The van der Waals surface area contributed by atoms with Crippen LogP contribution in [-0.2, 0) is 28.6 Å². The third-order valence-electron chi connectivity index (χ3n) is 5.94. The van der Waals surface area contributed by atoms with Gasteiger partial charge in [-0.05, 0) is 6.42 Å². The normalized spacial score (nSPS) is 18.4. The van der Waals surface area contributed by atoms with E-state index >= 15 is 0 Å². The zero-order valence-corrected chi connectivity index (χ0v) is 23.7. The van der Waals surface area contributed by atoms with Crippen molar-refractivity contribution in [1.29, 1.82) is 0 Å². The first-order valence-corrected chi connectivity index (χ1v) is 14.1. The van der Waals surface area contributed by atoms with Crippen molar-refractivity contribution in [3.8, 4) is 0 Å². The average Bonchev–Trinajstić information content (AvgIpc) is 2.88. The molecule has 212 valence electrons. The van der Waals surface area contributed by atoms with Crippen molar-refractivity contribution >= 4 is 56.7 Å². The summed E-state index contributed by atoms with van der Waals surface area (Å²) in [5, 5.41) is 29.9. The van der Waals surface area contributed by atoms with Crippen molar-refractivity contribution in [3.63, 3.8) is 0 Å². The van der Waals surface area contributed by atoms with Gasteiger partial charge in [0.05, 0.1) is 56.4 Å². The second kappa shape index (κ2) is 21.7. The van der Waals surface area contributed by atoms with Gasteiger partial charge in [0, 0.05) is 61.2 Å². The zero-order chi connectivity index (χ0) is 27.4. The molecular weight excluding hydrogens is 528 g/mol. The molecule has 9 nitrogen and oxygen atoms in total. The SMILES string of the molecule is CCC(COC(CC=O)CC(O)CS)(COC(CC=O)CC(O)CS)COC(CC=O)CC(O)CS. The van der Waals surface area contributed by atoms with E-state index in [0.29, 0.717) is 6.42 Å². The number of carbonyl (C=O) groups is 3. The van der Waals surface area contributed by atoms with Crippen molar-refractivity contribution in [2.75, 3.05) is 37.1 Å². The van der Waals surface area contributed by atoms with Gasteiger partial charge in [0.2, 0.25) is 0 Å². The summed E-state index contributed by atoms with van der Waals surface area (Å²) in [7, 11) is 0. The number of aldehydes is 3. The molecule has 12 heteroatoms. The Bertz CT molecular complexity index is 511. The predicted octanol–water partition coefficient (Wildman–Crippen LogP) is 1.35. The van der Waals surface area contributed by atoms with Crippen LogP contribution in [0, 0.1) is 5.41 Å². The fraction of sp³-hybridized carbons (Fsp3) is 0.875. The van der Waals surface area contributed by atoms with E-state index in [1.165, 1.54) is 0 Å². The number of hydrogen-bond acceptors (Lipinski definition) is 12. The minimum atomic E-state index is -0.735. The van der Waals surface area contributed by atoms with E-state index in [2.05, 4.69) is 37.9 Å².